The topological polar surface area (TPSA) is 41.6 Å². The molecule has 0 aromatic rings. The molecule has 90 valence electrons. The second-order valence-electron chi connectivity index (χ2n) is 4.47. The average Bonchev–Trinajstić information content (AvgIpc) is 2.28. The Morgan fingerprint density at radius 2 is 2.06 bits per heavy atom. The Balaban J connectivity index is 2.42. The molecule has 1 aliphatic rings. The third kappa shape index (κ3) is 3.84. The Hall–Kier alpha value is -1.05. The van der Waals surface area contributed by atoms with Gasteiger partial charge in [0, 0.05) is 25.2 Å². The van der Waals surface area contributed by atoms with Crippen LogP contribution in [-0.2, 0) is 9.53 Å². The molecule has 4 heteroatoms. The van der Waals surface area contributed by atoms with Crippen molar-refractivity contribution in [2.75, 3.05) is 32.8 Å². The summed E-state index contributed by atoms with van der Waals surface area (Å²) >= 11 is 0. The fraction of sp³-hybridized carbons (Fsp3) is 0.750. The van der Waals surface area contributed by atoms with Gasteiger partial charge in [0.15, 0.2) is 0 Å². The van der Waals surface area contributed by atoms with E-state index in [0.29, 0.717) is 6.54 Å². The lowest BCUT2D eigenvalue weighted by molar-refractivity contribution is -0.116. The van der Waals surface area contributed by atoms with Gasteiger partial charge in [-0.15, -0.1) is 0 Å². The summed E-state index contributed by atoms with van der Waals surface area (Å²) in [6, 6.07) is 0. The van der Waals surface area contributed by atoms with Crippen LogP contribution in [0.5, 0.6) is 0 Å². The molecule has 0 atom stereocenters. The molecule has 1 heterocycles. The van der Waals surface area contributed by atoms with E-state index < -0.39 is 0 Å². The molecule has 1 saturated heterocycles. The highest BCUT2D eigenvalue weighted by atomic mass is 16.5. The molecule has 0 aliphatic carbocycles. The summed E-state index contributed by atoms with van der Waals surface area (Å²) in [5, 5.41) is 2.83. The Morgan fingerprint density at radius 1 is 1.44 bits per heavy atom. The summed E-state index contributed by atoms with van der Waals surface area (Å²) in [6.45, 7) is 9.89. The number of amides is 1. The maximum atomic E-state index is 11.2. The molecule has 1 fully saturated rings. The van der Waals surface area contributed by atoms with Gasteiger partial charge in [-0.05, 0) is 26.7 Å². The predicted molar refractivity (Wildman–Crippen MR) is 62.9 cm³/mol. The van der Waals surface area contributed by atoms with Gasteiger partial charge in [0.2, 0.25) is 0 Å². The molecule has 1 N–H and O–H groups in total. The van der Waals surface area contributed by atoms with E-state index in [1.807, 2.05) is 0 Å². The van der Waals surface area contributed by atoms with E-state index in [4.69, 9.17) is 4.74 Å². The normalized spacial score (nSPS) is 17.4. The van der Waals surface area contributed by atoms with Crippen molar-refractivity contribution in [1.82, 2.24) is 10.2 Å². The standard InChI is InChI=1S/C12H20N2O2/c1-4-5-11(15)13-10-12(2,3)14-6-8-16-9-7-14/h6-10H2,1-3H3,(H,13,15). The second-order valence-corrected chi connectivity index (χ2v) is 4.47. The van der Waals surface area contributed by atoms with Gasteiger partial charge in [-0.1, -0.05) is 5.92 Å². The number of hydrogen-bond acceptors (Lipinski definition) is 3. The van der Waals surface area contributed by atoms with Crippen molar-refractivity contribution in [2.45, 2.75) is 26.3 Å². The molecule has 0 radical (unpaired) electrons. The maximum Gasteiger partial charge on any atom is 0.295 e. The smallest absolute Gasteiger partial charge is 0.295 e. The number of hydrogen-bond donors (Lipinski definition) is 1. The molecule has 0 aromatic heterocycles. The van der Waals surface area contributed by atoms with Crippen LogP contribution in [0, 0.1) is 11.8 Å². The number of morpholine rings is 1. The van der Waals surface area contributed by atoms with E-state index in [2.05, 4.69) is 35.9 Å². The Labute approximate surface area is 97.3 Å². The van der Waals surface area contributed by atoms with E-state index in [9.17, 15) is 4.79 Å². The summed E-state index contributed by atoms with van der Waals surface area (Å²) in [5.41, 5.74) is -0.0468. The van der Waals surface area contributed by atoms with Gasteiger partial charge in [0.25, 0.3) is 5.91 Å². The van der Waals surface area contributed by atoms with E-state index >= 15 is 0 Å². The van der Waals surface area contributed by atoms with Gasteiger partial charge < -0.3 is 10.1 Å². The molecule has 16 heavy (non-hydrogen) atoms. The average molecular weight is 224 g/mol. The minimum absolute atomic E-state index is 0.0468. The quantitative estimate of drug-likeness (QED) is 0.698. The number of carbonyl (C=O) groups excluding carboxylic acids is 1. The van der Waals surface area contributed by atoms with Crippen molar-refractivity contribution in [2.24, 2.45) is 0 Å². The first-order valence-electron chi connectivity index (χ1n) is 5.59. The molecule has 0 bridgehead atoms. The Kier molecular flexibility index (Phi) is 4.78. The first-order valence-corrected chi connectivity index (χ1v) is 5.59. The summed E-state index contributed by atoms with van der Waals surface area (Å²) in [7, 11) is 0. The SMILES string of the molecule is CC#CC(=O)NCC(C)(C)N1CCOCC1. The van der Waals surface area contributed by atoms with Gasteiger partial charge in [-0.25, -0.2) is 0 Å². The van der Waals surface area contributed by atoms with Gasteiger partial charge in [0.05, 0.1) is 13.2 Å². The molecule has 0 unspecified atom stereocenters. The molecular weight excluding hydrogens is 204 g/mol. The number of rotatable bonds is 3. The number of nitrogens with one attached hydrogen (secondary N) is 1. The van der Waals surface area contributed by atoms with E-state index in [-0.39, 0.29) is 11.4 Å². The minimum atomic E-state index is -0.205. The zero-order chi connectivity index (χ0) is 12.0. The van der Waals surface area contributed by atoms with Crippen LogP contribution in [0.25, 0.3) is 0 Å². The first-order chi connectivity index (χ1) is 7.56. The van der Waals surface area contributed by atoms with E-state index in [0.717, 1.165) is 26.3 Å². The van der Waals surface area contributed by atoms with Gasteiger partial charge >= 0.3 is 0 Å². The lowest BCUT2D eigenvalue weighted by atomic mass is 10.0. The van der Waals surface area contributed by atoms with Gasteiger partial charge in [-0.2, -0.15) is 0 Å². The molecule has 1 amide bonds. The fourth-order valence-electron chi connectivity index (χ4n) is 1.73. The molecule has 1 aliphatic heterocycles. The van der Waals surface area contributed by atoms with Crippen molar-refractivity contribution in [3.8, 4) is 11.8 Å². The second kappa shape index (κ2) is 5.88. The zero-order valence-corrected chi connectivity index (χ0v) is 10.3. The van der Waals surface area contributed by atoms with Crippen LogP contribution in [0.4, 0.5) is 0 Å². The third-order valence-corrected chi connectivity index (χ3v) is 2.79. The number of carbonyl (C=O) groups is 1. The number of ether oxygens (including phenoxy) is 1. The maximum absolute atomic E-state index is 11.2. The van der Waals surface area contributed by atoms with Crippen molar-refractivity contribution >= 4 is 5.91 Å². The van der Waals surface area contributed by atoms with Crippen LogP contribution < -0.4 is 5.32 Å². The van der Waals surface area contributed by atoms with Crippen LogP contribution in [0.2, 0.25) is 0 Å². The summed E-state index contributed by atoms with van der Waals surface area (Å²) in [5.74, 6) is 4.86. The van der Waals surface area contributed by atoms with E-state index in [1.165, 1.54) is 0 Å². The summed E-state index contributed by atoms with van der Waals surface area (Å²) in [6.07, 6.45) is 0. The molecule has 0 saturated carbocycles. The lowest BCUT2D eigenvalue weighted by Gasteiger charge is -2.40. The molecule has 0 aromatic carbocycles. The van der Waals surface area contributed by atoms with E-state index in [1.54, 1.807) is 6.92 Å². The third-order valence-electron chi connectivity index (χ3n) is 2.79. The van der Waals surface area contributed by atoms with Crippen molar-refractivity contribution in [1.29, 1.82) is 0 Å². The van der Waals surface area contributed by atoms with Gasteiger partial charge in [0.1, 0.15) is 0 Å². The van der Waals surface area contributed by atoms with Crippen LogP contribution >= 0.6 is 0 Å². The lowest BCUT2D eigenvalue weighted by Crippen LogP contribution is -2.55. The van der Waals surface area contributed by atoms with Crippen LogP contribution in [0.15, 0.2) is 0 Å². The molecule has 1 rings (SSSR count). The van der Waals surface area contributed by atoms with Crippen LogP contribution in [-0.4, -0.2) is 49.2 Å². The zero-order valence-electron chi connectivity index (χ0n) is 10.3. The van der Waals surface area contributed by atoms with Crippen molar-refractivity contribution in [3.05, 3.63) is 0 Å². The highest BCUT2D eigenvalue weighted by Crippen LogP contribution is 2.14. The summed E-state index contributed by atoms with van der Waals surface area (Å²) in [4.78, 5) is 13.6. The van der Waals surface area contributed by atoms with Crippen LogP contribution in [0.3, 0.4) is 0 Å². The molecule has 4 nitrogen and oxygen atoms in total. The first kappa shape index (κ1) is 13.0. The highest BCUT2D eigenvalue weighted by molar-refractivity contribution is 5.93. The molecular formula is C12H20N2O2. The summed E-state index contributed by atoms with van der Waals surface area (Å²) < 4.78 is 5.31. The fourth-order valence-corrected chi connectivity index (χ4v) is 1.73. The van der Waals surface area contributed by atoms with Crippen molar-refractivity contribution < 1.29 is 9.53 Å². The largest absolute Gasteiger partial charge is 0.379 e. The molecule has 0 spiro atoms. The van der Waals surface area contributed by atoms with Crippen molar-refractivity contribution in [3.63, 3.8) is 0 Å². The van der Waals surface area contributed by atoms with Crippen LogP contribution in [0.1, 0.15) is 20.8 Å². The predicted octanol–water partition coefficient (Wildman–Crippen LogP) is 0.237. The Bertz CT molecular complexity index is 296. The highest BCUT2D eigenvalue weighted by Gasteiger charge is 2.28. The van der Waals surface area contributed by atoms with Gasteiger partial charge in [-0.3, -0.25) is 9.69 Å². The minimum Gasteiger partial charge on any atom is -0.379 e. The number of nitrogens with zero attached hydrogens (tertiary/aromatic N) is 1. The Morgan fingerprint density at radius 3 is 2.62 bits per heavy atom. The monoisotopic (exact) mass is 224 g/mol.